The topological polar surface area (TPSA) is 75.6 Å². The molecule has 2 N–H and O–H groups in total. The molecule has 0 aromatic heterocycles. The largest absolute Gasteiger partial charge is 0.492 e. The van der Waals surface area contributed by atoms with E-state index in [0.29, 0.717) is 36.6 Å². The summed E-state index contributed by atoms with van der Waals surface area (Å²) in [7, 11) is 0. The Morgan fingerprint density at radius 1 is 1.41 bits per heavy atom. The van der Waals surface area contributed by atoms with Crippen molar-refractivity contribution in [1.29, 1.82) is 0 Å². The van der Waals surface area contributed by atoms with Crippen LogP contribution in [-0.2, 0) is 16.0 Å². The molecule has 0 unspecified atom stereocenters. The van der Waals surface area contributed by atoms with Gasteiger partial charge in [-0.3, -0.25) is 9.59 Å². The van der Waals surface area contributed by atoms with Gasteiger partial charge in [-0.2, -0.15) is 0 Å². The lowest BCUT2D eigenvalue weighted by Crippen LogP contribution is -2.34. The molecule has 2 rings (SSSR count). The van der Waals surface area contributed by atoms with Crippen LogP contribution in [0.3, 0.4) is 0 Å². The van der Waals surface area contributed by atoms with Gasteiger partial charge in [0.1, 0.15) is 5.75 Å². The van der Waals surface area contributed by atoms with Crippen LogP contribution in [0.2, 0.25) is 5.02 Å². The monoisotopic (exact) mass is 325 g/mol. The Labute approximate surface area is 134 Å². The second-order valence-corrected chi connectivity index (χ2v) is 5.86. The van der Waals surface area contributed by atoms with E-state index in [-0.39, 0.29) is 24.3 Å². The van der Waals surface area contributed by atoms with E-state index < -0.39 is 5.97 Å². The molecule has 2 atom stereocenters. The Bertz CT molecular complexity index is 561. The summed E-state index contributed by atoms with van der Waals surface area (Å²) in [5.41, 5.74) is 0.736. The van der Waals surface area contributed by atoms with Gasteiger partial charge in [-0.25, -0.2) is 0 Å². The SMILES string of the molecule is CCOc1c(Cl)cccc1CC(=O)N[C@@H]1CC[C@H](C(=O)O)C1. The number of rotatable bonds is 6. The lowest BCUT2D eigenvalue weighted by molar-refractivity contribution is -0.141. The normalized spacial score (nSPS) is 20.6. The third-order valence-corrected chi connectivity index (χ3v) is 4.13. The first-order chi connectivity index (χ1) is 10.5. The Kier molecular flexibility index (Phi) is 5.66. The second-order valence-electron chi connectivity index (χ2n) is 5.45. The Hall–Kier alpha value is -1.75. The molecule has 22 heavy (non-hydrogen) atoms. The molecule has 1 amide bonds. The van der Waals surface area contributed by atoms with Crippen LogP contribution in [0.25, 0.3) is 0 Å². The number of ether oxygens (including phenoxy) is 1. The third kappa shape index (κ3) is 4.13. The number of carboxylic acid groups (broad SMARTS) is 1. The fourth-order valence-electron chi connectivity index (χ4n) is 2.79. The Morgan fingerprint density at radius 2 is 2.18 bits per heavy atom. The van der Waals surface area contributed by atoms with E-state index in [1.54, 1.807) is 12.1 Å². The molecule has 0 saturated heterocycles. The summed E-state index contributed by atoms with van der Waals surface area (Å²) in [6.07, 6.45) is 1.98. The zero-order valence-corrected chi connectivity index (χ0v) is 13.2. The summed E-state index contributed by atoms with van der Waals surface area (Å²) in [6.45, 7) is 2.33. The number of aliphatic carboxylic acids is 1. The predicted molar refractivity (Wildman–Crippen MR) is 83.2 cm³/mol. The summed E-state index contributed by atoms with van der Waals surface area (Å²) in [6, 6.07) is 5.25. The average Bonchev–Trinajstić information content (AvgIpc) is 2.91. The van der Waals surface area contributed by atoms with E-state index in [0.717, 1.165) is 5.56 Å². The van der Waals surface area contributed by atoms with Crippen molar-refractivity contribution < 1.29 is 19.4 Å². The molecule has 1 aliphatic rings. The van der Waals surface area contributed by atoms with Crippen molar-refractivity contribution in [3.8, 4) is 5.75 Å². The highest BCUT2D eigenvalue weighted by atomic mass is 35.5. The standard InChI is InChI=1S/C16H20ClNO4/c1-2-22-15-10(4-3-5-13(15)17)9-14(19)18-12-7-6-11(8-12)16(20)21/h3-5,11-12H,2,6-9H2,1H3,(H,18,19)(H,20,21)/t11-,12+/m0/s1. The summed E-state index contributed by atoms with van der Waals surface area (Å²) >= 11 is 6.09. The van der Waals surface area contributed by atoms with Crippen LogP contribution in [0.15, 0.2) is 18.2 Å². The Balaban J connectivity index is 1.95. The van der Waals surface area contributed by atoms with Crippen molar-refractivity contribution in [3.63, 3.8) is 0 Å². The zero-order valence-electron chi connectivity index (χ0n) is 12.5. The lowest BCUT2D eigenvalue weighted by Gasteiger charge is -2.15. The predicted octanol–water partition coefficient (Wildman–Crippen LogP) is 2.65. The van der Waals surface area contributed by atoms with Crippen LogP contribution >= 0.6 is 11.6 Å². The molecule has 0 bridgehead atoms. The van der Waals surface area contributed by atoms with Gasteiger partial charge in [0.15, 0.2) is 0 Å². The number of benzene rings is 1. The van der Waals surface area contributed by atoms with Gasteiger partial charge < -0.3 is 15.2 Å². The highest BCUT2D eigenvalue weighted by molar-refractivity contribution is 6.32. The minimum absolute atomic E-state index is 0.0664. The quantitative estimate of drug-likeness (QED) is 0.843. The van der Waals surface area contributed by atoms with E-state index in [1.807, 2.05) is 13.0 Å². The maximum absolute atomic E-state index is 12.2. The van der Waals surface area contributed by atoms with Crippen LogP contribution in [-0.4, -0.2) is 29.6 Å². The van der Waals surface area contributed by atoms with Gasteiger partial charge in [0, 0.05) is 11.6 Å². The van der Waals surface area contributed by atoms with Crippen molar-refractivity contribution in [1.82, 2.24) is 5.32 Å². The molecular weight excluding hydrogens is 306 g/mol. The first-order valence-electron chi connectivity index (χ1n) is 7.43. The molecule has 5 nitrogen and oxygen atoms in total. The average molecular weight is 326 g/mol. The molecule has 1 aromatic rings. The molecular formula is C16H20ClNO4. The number of carbonyl (C=O) groups is 2. The van der Waals surface area contributed by atoms with E-state index in [1.165, 1.54) is 0 Å². The highest BCUT2D eigenvalue weighted by Gasteiger charge is 2.30. The number of carbonyl (C=O) groups excluding carboxylic acids is 1. The minimum atomic E-state index is -0.787. The number of nitrogens with one attached hydrogen (secondary N) is 1. The fraction of sp³-hybridized carbons (Fsp3) is 0.500. The van der Waals surface area contributed by atoms with E-state index >= 15 is 0 Å². The number of para-hydroxylation sites is 1. The van der Waals surface area contributed by atoms with Crippen LogP contribution in [0.4, 0.5) is 0 Å². The van der Waals surface area contributed by atoms with Crippen LogP contribution in [0, 0.1) is 5.92 Å². The number of halogens is 1. The molecule has 0 heterocycles. The molecule has 120 valence electrons. The minimum Gasteiger partial charge on any atom is -0.492 e. The van der Waals surface area contributed by atoms with Crippen LogP contribution in [0.1, 0.15) is 31.7 Å². The molecule has 1 saturated carbocycles. The molecule has 1 fully saturated rings. The maximum atomic E-state index is 12.2. The van der Waals surface area contributed by atoms with E-state index in [9.17, 15) is 9.59 Å². The third-order valence-electron chi connectivity index (χ3n) is 3.84. The number of hydrogen-bond donors (Lipinski definition) is 2. The summed E-state index contributed by atoms with van der Waals surface area (Å²) in [5.74, 6) is -0.739. The fourth-order valence-corrected chi connectivity index (χ4v) is 3.04. The highest BCUT2D eigenvalue weighted by Crippen LogP contribution is 2.29. The van der Waals surface area contributed by atoms with Crippen molar-refractivity contribution in [2.45, 2.75) is 38.6 Å². The smallest absolute Gasteiger partial charge is 0.306 e. The second kappa shape index (κ2) is 7.49. The van der Waals surface area contributed by atoms with Crippen LogP contribution in [0.5, 0.6) is 5.75 Å². The Morgan fingerprint density at radius 3 is 2.82 bits per heavy atom. The maximum Gasteiger partial charge on any atom is 0.306 e. The summed E-state index contributed by atoms with van der Waals surface area (Å²) in [4.78, 5) is 23.1. The van der Waals surface area contributed by atoms with Crippen LogP contribution < -0.4 is 10.1 Å². The summed E-state index contributed by atoms with van der Waals surface area (Å²) < 4.78 is 5.50. The molecule has 6 heteroatoms. The van der Waals surface area contributed by atoms with Gasteiger partial charge in [-0.15, -0.1) is 0 Å². The molecule has 0 aliphatic heterocycles. The van der Waals surface area contributed by atoms with Crippen molar-refractivity contribution in [3.05, 3.63) is 28.8 Å². The van der Waals surface area contributed by atoms with Gasteiger partial charge in [-0.05, 0) is 32.3 Å². The molecule has 0 radical (unpaired) electrons. The van der Waals surface area contributed by atoms with Crippen molar-refractivity contribution in [2.24, 2.45) is 5.92 Å². The van der Waals surface area contributed by atoms with Gasteiger partial charge in [0.25, 0.3) is 0 Å². The van der Waals surface area contributed by atoms with E-state index in [2.05, 4.69) is 5.32 Å². The van der Waals surface area contributed by atoms with Crippen molar-refractivity contribution >= 4 is 23.5 Å². The van der Waals surface area contributed by atoms with Gasteiger partial charge >= 0.3 is 5.97 Å². The number of amides is 1. The van der Waals surface area contributed by atoms with Gasteiger partial charge in [0.05, 0.1) is 24.0 Å². The van der Waals surface area contributed by atoms with Gasteiger partial charge in [-0.1, -0.05) is 23.7 Å². The summed E-state index contributed by atoms with van der Waals surface area (Å²) in [5, 5.41) is 12.4. The number of hydrogen-bond acceptors (Lipinski definition) is 3. The molecule has 0 spiro atoms. The first-order valence-corrected chi connectivity index (χ1v) is 7.81. The van der Waals surface area contributed by atoms with E-state index in [4.69, 9.17) is 21.4 Å². The van der Waals surface area contributed by atoms with Gasteiger partial charge in [0.2, 0.25) is 5.91 Å². The molecule has 1 aromatic carbocycles. The first kappa shape index (κ1) is 16.6. The zero-order chi connectivity index (χ0) is 16.1. The lowest BCUT2D eigenvalue weighted by atomic mass is 10.1. The molecule has 1 aliphatic carbocycles. The number of carboxylic acids is 1. The van der Waals surface area contributed by atoms with Crippen molar-refractivity contribution in [2.75, 3.05) is 6.61 Å².